The average molecular weight is 493 g/mol. The Labute approximate surface area is 217 Å². The summed E-state index contributed by atoms with van der Waals surface area (Å²) < 4.78 is 5.79. The fourth-order valence-electron chi connectivity index (χ4n) is 6.16. The first kappa shape index (κ1) is 23.8. The van der Waals surface area contributed by atoms with Gasteiger partial charge in [0.25, 0.3) is 0 Å². The fourth-order valence-corrected chi connectivity index (χ4v) is 6.16. The topological polar surface area (TPSA) is 67.4 Å². The van der Waals surface area contributed by atoms with Gasteiger partial charge < -0.3 is 15.4 Å². The smallest absolute Gasteiger partial charge is 0.346 e. The summed E-state index contributed by atoms with van der Waals surface area (Å²) in [5.41, 5.74) is 3.02. The lowest BCUT2D eigenvalue weighted by atomic mass is 9.84. The molecular formula is C32H32N2O3. The van der Waals surface area contributed by atoms with Crippen molar-refractivity contribution in [2.45, 2.75) is 37.5 Å². The number of nitrogens with one attached hydrogen (secondary N) is 2. The van der Waals surface area contributed by atoms with Crippen LogP contribution in [-0.2, 0) is 4.74 Å². The number of ether oxygens (including phenoxy) is 1. The number of fused-ring (bicyclic) bond motifs is 2. The highest BCUT2D eigenvalue weighted by Crippen LogP contribution is 2.36. The molecule has 0 atom stereocenters. The molecular weight excluding hydrogens is 460 g/mol. The molecule has 188 valence electrons. The summed E-state index contributed by atoms with van der Waals surface area (Å²) in [5.74, 6) is -0.600. The SMILES string of the molecule is O=C(OC(=O)c1c(C2CCNCC2)ccc2ccccc12)c1c(C2CCNCC2)ccc2ccccc12. The van der Waals surface area contributed by atoms with Gasteiger partial charge in [0.05, 0.1) is 11.1 Å². The van der Waals surface area contributed by atoms with E-state index in [1.807, 2.05) is 48.5 Å². The molecule has 2 N–H and O–H groups in total. The second-order valence-electron chi connectivity index (χ2n) is 10.2. The van der Waals surface area contributed by atoms with Gasteiger partial charge in [-0.2, -0.15) is 0 Å². The molecule has 0 bridgehead atoms. The predicted octanol–water partition coefficient (Wildman–Crippen LogP) is 5.92. The van der Waals surface area contributed by atoms with Gasteiger partial charge in [0, 0.05) is 0 Å². The Kier molecular flexibility index (Phi) is 6.73. The summed E-state index contributed by atoms with van der Waals surface area (Å²) >= 11 is 0. The fraction of sp³-hybridized carbons (Fsp3) is 0.312. The first-order valence-corrected chi connectivity index (χ1v) is 13.4. The Hall–Kier alpha value is -3.54. The lowest BCUT2D eigenvalue weighted by molar-refractivity contribution is 0.0398. The minimum atomic E-state index is -0.556. The Morgan fingerprint density at radius 3 is 1.41 bits per heavy atom. The maximum Gasteiger partial charge on any atom is 0.346 e. The Balaban J connectivity index is 1.42. The number of hydrogen-bond donors (Lipinski definition) is 2. The molecule has 0 aliphatic carbocycles. The number of esters is 2. The number of piperidine rings is 2. The van der Waals surface area contributed by atoms with E-state index >= 15 is 0 Å². The molecule has 0 spiro atoms. The normalized spacial score (nSPS) is 17.2. The van der Waals surface area contributed by atoms with Crippen LogP contribution in [0.1, 0.15) is 69.4 Å². The van der Waals surface area contributed by atoms with Crippen molar-refractivity contribution in [1.82, 2.24) is 10.6 Å². The first-order valence-electron chi connectivity index (χ1n) is 13.4. The minimum absolute atomic E-state index is 0.256. The maximum atomic E-state index is 13.9. The highest BCUT2D eigenvalue weighted by molar-refractivity contribution is 6.14. The number of benzene rings is 4. The van der Waals surface area contributed by atoms with Crippen LogP contribution < -0.4 is 10.6 Å². The summed E-state index contributed by atoms with van der Waals surface area (Å²) in [6.07, 6.45) is 3.82. The van der Waals surface area contributed by atoms with Gasteiger partial charge in [-0.05, 0) is 96.4 Å². The zero-order valence-electron chi connectivity index (χ0n) is 21.0. The Morgan fingerprint density at radius 2 is 0.973 bits per heavy atom. The van der Waals surface area contributed by atoms with Crippen LogP contribution in [0.25, 0.3) is 21.5 Å². The highest BCUT2D eigenvalue weighted by atomic mass is 16.6. The number of carbonyl (C=O) groups excluding carboxylic acids is 2. The average Bonchev–Trinajstić information content (AvgIpc) is 2.96. The molecule has 0 aromatic heterocycles. The molecule has 2 heterocycles. The van der Waals surface area contributed by atoms with Gasteiger partial charge in [-0.1, -0.05) is 72.8 Å². The summed E-state index contributed by atoms with van der Waals surface area (Å²) in [6.45, 7) is 3.67. The van der Waals surface area contributed by atoms with E-state index in [0.717, 1.165) is 84.5 Å². The van der Waals surface area contributed by atoms with Crippen molar-refractivity contribution in [2.24, 2.45) is 0 Å². The summed E-state index contributed by atoms with van der Waals surface area (Å²) in [7, 11) is 0. The summed E-state index contributed by atoms with van der Waals surface area (Å²) in [4.78, 5) is 27.7. The van der Waals surface area contributed by atoms with Crippen LogP contribution in [0.5, 0.6) is 0 Å². The third-order valence-corrected chi connectivity index (χ3v) is 8.07. The van der Waals surface area contributed by atoms with Gasteiger partial charge in [0.1, 0.15) is 0 Å². The highest BCUT2D eigenvalue weighted by Gasteiger charge is 2.29. The van der Waals surface area contributed by atoms with Crippen LogP contribution in [0.4, 0.5) is 0 Å². The van der Waals surface area contributed by atoms with Crippen molar-refractivity contribution < 1.29 is 14.3 Å². The molecule has 37 heavy (non-hydrogen) atoms. The first-order chi connectivity index (χ1) is 18.2. The summed E-state index contributed by atoms with van der Waals surface area (Å²) in [5, 5.41) is 10.4. The zero-order valence-corrected chi connectivity index (χ0v) is 21.0. The van der Waals surface area contributed by atoms with Crippen molar-refractivity contribution in [1.29, 1.82) is 0 Å². The third kappa shape index (κ3) is 4.65. The van der Waals surface area contributed by atoms with Crippen molar-refractivity contribution in [2.75, 3.05) is 26.2 Å². The molecule has 5 nitrogen and oxygen atoms in total. The number of hydrogen-bond acceptors (Lipinski definition) is 5. The molecule has 0 radical (unpaired) electrons. The predicted molar refractivity (Wildman–Crippen MR) is 147 cm³/mol. The van der Waals surface area contributed by atoms with Gasteiger partial charge in [0.15, 0.2) is 0 Å². The van der Waals surface area contributed by atoms with Crippen LogP contribution in [0.3, 0.4) is 0 Å². The van der Waals surface area contributed by atoms with E-state index in [1.54, 1.807) is 0 Å². The van der Waals surface area contributed by atoms with Gasteiger partial charge >= 0.3 is 11.9 Å². The second-order valence-corrected chi connectivity index (χ2v) is 10.2. The van der Waals surface area contributed by atoms with Crippen LogP contribution in [0, 0.1) is 0 Å². The van der Waals surface area contributed by atoms with Gasteiger partial charge in [-0.3, -0.25) is 0 Å². The van der Waals surface area contributed by atoms with E-state index in [-0.39, 0.29) is 11.8 Å². The van der Waals surface area contributed by atoms with Gasteiger partial charge in [-0.15, -0.1) is 0 Å². The van der Waals surface area contributed by atoms with Gasteiger partial charge in [-0.25, -0.2) is 9.59 Å². The van der Waals surface area contributed by atoms with Crippen molar-refractivity contribution in [3.05, 3.63) is 95.1 Å². The molecule has 4 aromatic rings. The second kappa shape index (κ2) is 10.4. The van der Waals surface area contributed by atoms with Crippen molar-refractivity contribution >= 4 is 33.5 Å². The van der Waals surface area contributed by atoms with E-state index < -0.39 is 11.9 Å². The largest absolute Gasteiger partial charge is 0.386 e. The van der Waals surface area contributed by atoms with Crippen LogP contribution in [-0.4, -0.2) is 38.1 Å². The molecule has 6 rings (SSSR count). The van der Waals surface area contributed by atoms with E-state index in [0.29, 0.717) is 11.1 Å². The lowest BCUT2D eigenvalue weighted by Gasteiger charge is -2.26. The third-order valence-electron chi connectivity index (χ3n) is 8.07. The molecule has 0 amide bonds. The molecule has 2 saturated heterocycles. The van der Waals surface area contributed by atoms with E-state index in [2.05, 4.69) is 34.9 Å². The zero-order chi connectivity index (χ0) is 25.2. The van der Waals surface area contributed by atoms with Gasteiger partial charge in [0.2, 0.25) is 0 Å². The minimum Gasteiger partial charge on any atom is -0.386 e. The summed E-state index contributed by atoms with van der Waals surface area (Å²) in [6, 6.07) is 24.0. The lowest BCUT2D eigenvalue weighted by Crippen LogP contribution is -2.28. The quantitative estimate of drug-likeness (QED) is 0.273. The molecule has 5 heteroatoms. The molecule has 2 aliphatic heterocycles. The molecule has 4 aromatic carbocycles. The van der Waals surface area contributed by atoms with Crippen LogP contribution in [0.2, 0.25) is 0 Å². The van der Waals surface area contributed by atoms with Crippen molar-refractivity contribution in [3.8, 4) is 0 Å². The van der Waals surface area contributed by atoms with E-state index in [4.69, 9.17) is 4.74 Å². The van der Waals surface area contributed by atoms with Crippen molar-refractivity contribution in [3.63, 3.8) is 0 Å². The Morgan fingerprint density at radius 1 is 0.568 bits per heavy atom. The van der Waals surface area contributed by atoms with Crippen LogP contribution in [0.15, 0.2) is 72.8 Å². The van der Waals surface area contributed by atoms with Crippen LogP contribution >= 0.6 is 0 Å². The maximum absolute atomic E-state index is 13.9. The molecule has 0 unspecified atom stereocenters. The van der Waals surface area contributed by atoms with E-state index in [9.17, 15) is 9.59 Å². The molecule has 2 fully saturated rings. The standard InChI is InChI=1S/C32H32N2O3/c35-31(29-25-7-3-1-5-21(25)9-11-27(29)23-13-17-33-18-14-23)37-32(36)30-26-8-4-2-6-22(26)10-12-28(30)24-15-19-34-20-16-24/h1-12,23-24,33-34H,13-20H2. The number of carbonyl (C=O) groups is 2. The molecule has 0 saturated carbocycles. The monoisotopic (exact) mass is 492 g/mol. The molecule has 2 aliphatic rings. The Bertz CT molecular complexity index is 1350. The van der Waals surface area contributed by atoms with E-state index in [1.165, 1.54) is 0 Å². The number of rotatable bonds is 4.